The lowest BCUT2D eigenvalue weighted by Crippen LogP contribution is -2.37. The molecule has 112 valence electrons. The van der Waals surface area contributed by atoms with Crippen LogP contribution in [0.4, 0.5) is 5.69 Å². The first-order chi connectivity index (χ1) is 9.88. The van der Waals surface area contributed by atoms with Crippen LogP contribution in [0.5, 0.6) is 0 Å². The molecule has 8 heteroatoms. The van der Waals surface area contributed by atoms with Crippen LogP contribution < -0.4 is 5.32 Å². The van der Waals surface area contributed by atoms with Crippen molar-refractivity contribution in [1.29, 1.82) is 0 Å². The van der Waals surface area contributed by atoms with Crippen LogP contribution in [-0.2, 0) is 4.79 Å². The van der Waals surface area contributed by atoms with Crippen LogP contribution in [-0.4, -0.2) is 40.8 Å². The molecule has 1 heterocycles. The number of halogens is 1. The van der Waals surface area contributed by atoms with E-state index < -0.39 is 10.8 Å². The lowest BCUT2D eigenvalue weighted by atomic mass is 10.1. The summed E-state index contributed by atoms with van der Waals surface area (Å²) in [7, 11) is 0. The van der Waals surface area contributed by atoms with Crippen LogP contribution in [0, 0.1) is 10.1 Å². The zero-order valence-electron chi connectivity index (χ0n) is 11.3. The molecule has 1 aliphatic rings. The molecule has 1 unspecified atom stereocenters. The summed E-state index contributed by atoms with van der Waals surface area (Å²) in [6.45, 7) is 2.18. The lowest BCUT2D eigenvalue weighted by molar-refractivity contribution is -0.385. The normalized spacial score (nSPS) is 17.6. The number of hydrogen-bond donors (Lipinski definition) is 1. The van der Waals surface area contributed by atoms with Gasteiger partial charge in [-0.05, 0) is 18.6 Å². The van der Waals surface area contributed by atoms with Gasteiger partial charge in [0.1, 0.15) is 5.56 Å². The zero-order valence-corrected chi connectivity index (χ0v) is 12.1. The second-order valence-electron chi connectivity index (χ2n) is 4.86. The van der Waals surface area contributed by atoms with Crippen molar-refractivity contribution in [2.75, 3.05) is 13.1 Å². The van der Waals surface area contributed by atoms with Gasteiger partial charge in [0.05, 0.1) is 4.92 Å². The molecule has 21 heavy (non-hydrogen) atoms. The highest BCUT2D eigenvalue weighted by atomic mass is 35.5. The predicted octanol–water partition coefficient (Wildman–Crippen LogP) is 1.60. The van der Waals surface area contributed by atoms with E-state index in [0.29, 0.717) is 19.5 Å². The predicted molar refractivity (Wildman–Crippen MR) is 76.2 cm³/mol. The molecule has 0 aliphatic carbocycles. The van der Waals surface area contributed by atoms with E-state index in [0.717, 1.165) is 0 Å². The van der Waals surface area contributed by atoms with Crippen molar-refractivity contribution in [3.8, 4) is 0 Å². The van der Waals surface area contributed by atoms with E-state index in [2.05, 4.69) is 5.32 Å². The average molecular weight is 312 g/mol. The molecule has 1 N–H and O–H groups in total. The van der Waals surface area contributed by atoms with Crippen molar-refractivity contribution < 1.29 is 14.5 Å². The molecule has 1 aromatic carbocycles. The lowest BCUT2D eigenvalue weighted by Gasteiger charge is -2.17. The summed E-state index contributed by atoms with van der Waals surface area (Å²) in [5.74, 6) is -0.611. The van der Waals surface area contributed by atoms with Crippen LogP contribution in [0.15, 0.2) is 18.2 Å². The first kappa shape index (κ1) is 15.2. The Kier molecular flexibility index (Phi) is 4.42. The largest absolute Gasteiger partial charge is 0.352 e. The molecule has 0 aromatic heterocycles. The topological polar surface area (TPSA) is 92.6 Å². The maximum atomic E-state index is 12.4. The van der Waals surface area contributed by atoms with Gasteiger partial charge in [0.15, 0.2) is 0 Å². The van der Waals surface area contributed by atoms with E-state index >= 15 is 0 Å². The SMILES string of the molecule is CC(=O)NC1CCN(C(=O)c2cc(Cl)ccc2[N+](=O)[O-])C1. The molecule has 1 fully saturated rings. The number of rotatable bonds is 3. The van der Waals surface area contributed by atoms with E-state index in [1.54, 1.807) is 0 Å². The number of carbonyl (C=O) groups excluding carboxylic acids is 2. The van der Waals surface area contributed by atoms with Gasteiger partial charge in [0.25, 0.3) is 11.6 Å². The van der Waals surface area contributed by atoms with Gasteiger partial charge in [-0.2, -0.15) is 0 Å². The summed E-state index contributed by atoms with van der Waals surface area (Å²) in [4.78, 5) is 35.3. The van der Waals surface area contributed by atoms with Crippen molar-refractivity contribution in [2.24, 2.45) is 0 Å². The molecule has 1 saturated heterocycles. The van der Waals surface area contributed by atoms with E-state index in [9.17, 15) is 19.7 Å². The minimum absolute atomic E-state index is 0.0315. The highest BCUT2D eigenvalue weighted by Crippen LogP contribution is 2.25. The molecule has 0 radical (unpaired) electrons. The molecule has 0 saturated carbocycles. The molecule has 1 atom stereocenters. The number of nitro groups is 1. The van der Waals surface area contributed by atoms with Crippen LogP contribution in [0.2, 0.25) is 5.02 Å². The van der Waals surface area contributed by atoms with Crippen molar-refractivity contribution >= 4 is 29.1 Å². The molecule has 7 nitrogen and oxygen atoms in total. The molecule has 0 spiro atoms. The zero-order chi connectivity index (χ0) is 15.6. The van der Waals surface area contributed by atoms with Crippen molar-refractivity contribution in [1.82, 2.24) is 10.2 Å². The van der Waals surface area contributed by atoms with Crippen molar-refractivity contribution in [3.05, 3.63) is 38.9 Å². The standard InChI is InChI=1S/C13H14ClN3O4/c1-8(18)15-10-4-5-16(7-10)13(19)11-6-9(14)2-3-12(11)17(20)21/h2-3,6,10H,4-5,7H2,1H3,(H,15,18). The van der Waals surface area contributed by atoms with Gasteiger partial charge in [0, 0.05) is 37.1 Å². The smallest absolute Gasteiger partial charge is 0.282 e. The molecular weight excluding hydrogens is 298 g/mol. The van der Waals surface area contributed by atoms with E-state index in [-0.39, 0.29) is 28.2 Å². The second kappa shape index (κ2) is 6.09. The second-order valence-corrected chi connectivity index (χ2v) is 5.29. The van der Waals surface area contributed by atoms with Gasteiger partial charge in [-0.15, -0.1) is 0 Å². The van der Waals surface area contributed by atoms with Crippen LogP contribution in [0.1, 0.15) is 23.7 Å². The minimum atomic E-state index is -0.606. The van der Waals surface area contributed by atoms with Crippen molar-refractivity contribution in [2.45, 2.75) is 19.4 Å². The first-order valence-corrected chi connectivity index (χ1v) is 6.76. The van der Waals surface area contributed by atoms with Gasteiger partial charge in [-0.1, -0.05) is 11.6 Å². The number of carbonyl (C=O) groups is 2. The Morgan fingerprint density at radius 3 is 2.81 bits per heavy atom. The third-order valence-electron chi connectivity index (χ3n) is 3.27. The van der Waals surface area contributed by atoms with Gasteiger partial charge < -0.3 is 10.2 Å². The van der Waals surface area contributed by atoms with E-state index in [4.69, 9.17) is 11.6 Å². The van der Waals surface area contributed by atoms with Crippen LogP contribution >= 0.6 is 11.6 Å². The average Bonchev–Trinajstić information content (AvgIpc) is 2.85. The van der Waals surface area contributed by atoms with Gasteiger partial charge in [-0.25, -0.2) is 0 Å². The molecule has 0 bridgehead atoms. The highest BCUT2D eigenvalue weighted by Gasteiger charge is 2.31. The molecule has 2 rings (SSSR count). The fourth-order valence-electron chi connectivity index (χ4n) is 2.36. The molecule has 2 amide bonds. The number of nitro benzene ring substituents is 1. The number of amides is 2. The Hall–Kier alpha value is -2.15. The Morgan fingerprint density at radius 2 is 2.19 bits per heavy atom. The van der Waals surface area contributed by atoms with Crippen LogP contribution in [0.25, 0.3) is 0 Å². The Balaban J connectivity index is 2.19. The number of likely N-dealkylation sites (tertiary alicyclic amines) is 1. The molecular formula is C13H14ClN3O4. The monoisotopic (exact) mass is 311 g/mol. The quantitative estimate of drug-likeness (QED) is 0.678. The number of benzene rings is 1. The number of nitrogens with zero attached hydrogens (tertiary/aromatic N) is 2. The highest BCUT2D eigenvalue weighted by molar-refractivity contribution is 6.31. The summed E-state index contributed by atoms with van der Waals surface area (Å²) >= 11 is 5.82. The molecule has 1 aromatic rings. The first-order valence-electron chi connectivity index (χ1n) is 6.39. The third kappa shape index (κ3) is 3.49. The summed E-state index contributed by atoms with van der Waals surface area (Å²) in [5, 5.41) is 14.0. The molecule has 1 aliphatic heterocycles. The Labute approximate surface area is 126 Å². The summed E-state index contributed by atoms with van der Waals surface area (Å²) in [5.41, 5.74) is -0.302. The van der Waals surface area contributed by atoms with E-state index in [1.807, 2.05) is 0 Å². The maximum absolute atomic E-state index is 12.4. The fourth-order valence-corrected chi connectivity index (χ4v) is 2.53. The van der Waals surface area contributed by atoms with Gasteiger partial charge in [-0.3, -0.25) is 19.7 Å². The number of hydrogen-bond acceptors (Lipinski definition) is 4. The third-order valence-corrected chi connectivity index (χ3v) is 3.50. The Morgan fingerprint density at radius 1 is 1.48 bits per heavy atom. The summed E-state index contributed by atoms with van der Waals surface area (Å²) in [6, 6.07) is 3.77. The minimum Gasteiger partial charge on any atom is -0.352 e. The summed E-state index contributed by atoms with van der Waals surface area (Å²) in [6.07, 6.45) is 0.625. The van der Waals surface area contributed by atoms with Gasteiger partial charge in [0.2, 0.25) is 5.91 Å². The van der Waals surface area contributed by atoms with Crippen molar-refractivity contribution in [3.63, 3.8) is 0 Å². The van der Waals surface area contributed by atoms with Gasteiger partial charge >= 0.3 is 0 Å². The fraction of sp³-hybridized carbons (Fsp3) is 0.385. The van der Waals surface area contributed by atoms with Crippen LogP contribution in [0.3, 0.4) is 0 Å². The number of nitrogens with one attached hydrogen (secondary N) is 1. The Bertz CT molecular complexity index is 605. The maximum Gasteiger partial charge on any atom is 0.282 e. The summed E-state index contributed by atoms with van der Waals surface area (Å²) < 4.78 is 0. The van der Waals surface area contributed by atoms with E-state index in [1.165, 1.54) is 30.0 Å².